The molecule has 108 valence electrons. The van der Waals surface area contributed by atoms with Crippen LogP contribution in [0.3, 0.4) is 0 Å². The van der Waals surface area contributed by atoms with Crippen molar-refractivity contribution in [1.82, 2.24) is 0 Å². The number of unbranched alkanes of at least 4 members (excludes halogenated alkanes) is 1. The fourth-order valence-electron chi connectivity index (χ4n) is 1.49. The number of non-ortho nitro benzene ring substituents is 1. The number of nitro groups is 1. The molecule has 0 aliphatic rings. The van der Waals surface area contributed by atoms with E-state index < -0.39 is 17.0 Å². The van der Waals surface area contributed by atoms with Gasteiger partial charge in [0.15, 0.2) is 0 Å². The van der Waals surface area contributed by atoms with Crippen LogP contribution < -0.4 is 0 Å². The fourth-order valence-corrected chi connectivity index (χ4v) is 1.49. The molecule has 0 radical (unpaired) electrons. The van der Waals surface area contributed by atoms with E-state index in [2.05, 4.69) is 6.58 Å². The van der Waals surface area contributed by atoms with Crippen molar-refractivity contribution in [3.63, 3.8) is 0 Å². The largest absolute Gasteiger partial charge is 0.462 e. The average Bonchev–Trinajstić information content (AvgIpc) is 2.46. The van der Waals surface area contributed by atoms with Gasteiger partial charge in [0, 0.05) is 12.1 Å². The number of hydrogen-bond donors (Lipinski definition) is 1. The number of hydrogen-bond acceptors (Lipinski definition) is 5. The SMILES string of the molecule is C=C(C(=O)OCCCC)[C@H](O)c1ccc([N+](=O)[O-])cc1. The first-order valence-corrected chi connectivity index (χ1v) is 6.25. The highest BCUT2D eigenvalue weighted by molar-refractivity contribution is 5.89. The zero-order valence-corrected chi connectivity index (χ0v) is 11.2. The monoisotopic (exact) mass is 279 g/mol. The summed E-state index contributed by atoms with van der Waals surface area (Å²) in [5.41, 5.74) is 0.181. The second-order valence-electron chi connectivity index (χ2n) is 4.27. The van der Waals surface area contributed by atoms with E-state index in [0.29, 0.717) is 5.56 Å². The van der Waals surface area contributed by atoms with Gasteiger partial charge < -0.3 is 9.84 Å². The molecule has 0 aliphatic carbocycles. The second-order valence-corrected chi connectivity index (χ2v) is 4.27. The summed E-state index contributed by atoms with van der Waals surface area (Å²) < 4.78 is 4.94. The van der Waals surface area contributed by atoms with Crippen LogP contribution in [-0.2, 0) is 9.53 Å². The molecule has 0 saturated carbocycles. The number of nitrogens with zero attached hydrogens (tertiary/aromatic N) is 1. The molecule has 0 aromatic heterocycles. The van der Waals surface area contributed by atoms with Crippen LogP contribution in [-0.4, -0.2) is 22.6 Å². The number of aliphatic hydroxyl groups is 1. The van der Waals surface area contributed by atoms with Gasteiger partial charge in [-0.25, -0.2) is 4.79 Å². The molecular formula is C14H17NO5. The second kappa shape index (κ2) is 7.40. The first-order chi connectivity index (χ1) is 9.47. The molecule has 0 saturated heterocycles. The Hall–Kier alpha value is -2.21. The first kappa shape index (κ1) is 15.8. The van der Waals surface area contributed by atoms with Gasteiger partial charge in [0.05, 0.1) is 17.1 Å². The van der Waals surface area contributed by atoms with Crippen LogP contribution in [0.25, 0.3) is 0 Å². The van der Waals surface area contributed by atoms with Crippen molar-refractivity contribution in [3.8, 4) is 0 Å². The Kier molecular flexibility index (Phi) is 5.86. The molecule has 0 unspecified atom stereocenters. The minimum atomic E-state index is -1.23. The maximum atomic E-state index is 11.6. The molecule has 0 heterocycles. The van der Waals surface area contributed by atoms with Crippen LogP contribution in [0.2, 0.25) is 0 Å². The number of nitro benzene ring substituents is 1. The highest BCUT2D eigenvalue weighted by atomic mass is 16.6. The molecule has 0 aliphatic heterocycles. The molecule has 6 heteroatoms. The van der Waals surface area contributed by atoms with Gasteiger partial charge in [0.1, 0.15) is 6.10 Å². The number of esters is 1. The van der Waals surface area contributed by atoms with Crippen molar-refractivity contribution < 1.29 is 19.6 Å². The average molecular weight is 279 g/mol. The predicted molar refractivity (Wildman–Crippen MR) is 73.1 cm³/mol. The van der Waals surface area contributed by atoms with Gasteiger partial charge in [-0.1, -0.05) is 19.9 Å². The Labute approximate surface area is 116 Å². The fraction of sp³-hybridized carbons (Fsp3) is 0.357. The van der Waals surface area contributed by atoms with Crippen LogP contribution in [0.5, 0.6) is 0 Å². The molecule has 1 aromatic rings. The van der Waals surface area contributed by atoms with E-state index in [-0.39, 0.29) is 17.9 Å². The zero-order chi connectivity index (χ0) is 15.1. The van der Waals surface area contributed by atoms with Crippen molar-refractivity contribution in [2.45, 2.75) is 25.9 Å². The number of carbonyl (C=O) groups excluding carboxylic acids is 1. The van der Waals surface area contributed by atoms with Gasteiger partial charge in [-0.3, -0.25) is 10.1 Å². The third kappa shape index (κ3) is 4.17. The van der Waals surface area contributed by atoms with Crippen molar-refractivity contribution >= 4 is 11.7 Å². The van der Waals surface area contributed by atoms with Crippen LogP contribution >= 0.6 is 0 Å². The lowest BCUT2D eigenvalue weighted by molar-refractivity contribution is -0.384. The smallest absolute Gasteiger partial charge is 0.336 e. The summed E-state index contributed by atoms with van der Waals surface area (Å²) in [5.74, 6) is -0.663. The number of benzene rings is 1. The molecule has 0 spiro atoms. The van der Waals surface area contributed by atoms with Crippen LogP contribution in [0.15, 0.2) is 36.4 Å². The highest BCUT2D eigenvalue weighted by Gasteiger charge is 2.20. The van der Waals surface area contributed by atoms with E-state index >= 15 is 0 Å². The van der Waals surface area contributed by atoms with E-state index in [4.69, 9.17) is 4.74 Å². The minimum Gasteiger partial charge on any atom is -0.462 e. The van der Waals surface area contributed by atoms with Crippen molar-refractivity contribution in [1.29, 1.82) is 0 Å². The minimum absolute atomic E-state index is 0.0860. The summed E-state index contributed by atoms with van der Waals surface area (Å²) in [4.78, 5) is 21.6. The molecule has 20 heavy (non-hydrogen) atoms. The number of aliphatic hydroxyl groups excluding tert-OH is 1. The Morgan fingerprint density at radius 1 is 1.45 bits per heavy atom. The lowest BCUT2D eigenvalue weighted by atomic mass is 10.0. The quantitative estimate of drug-likeness (QED) is 0.272. The normalized spacial score (nSPS) is 11.7. The molecule has 0 fully saturated rings. The van der Waals surface area contributed by atoms with Crippen LogP contribution in [0.1, 0.15) is 31.4 Å². The third-order valence-electron chi connectivity index (χ3n) is 2.74. The van der Waals surface area contributed by atoms with Crippen molar-refractivity contribution in [2.24, 2.45) is 0 Å². The Morgan fingerprint density at radius 2 is 2.05 bits per heavy atom. The van der Waals surface area contributed by atoms with Gasteiger partial charge in [-0.2, -0.15) is 0 Å². The third-order valence-corrected chi connectivity index (χ3v) is 2.74. The first-order valence-electron chi connectivity index (χ1n) is 6.25. The lowest BCUT2D eigenvalue weighted by Crippen LogP contribution is -2.14. The van der Waals surface area contributed by atoms with Gasteiger partial charge in [0.2, 0.25) is 0 Å². The van der Waals surface area contributed by atoms with E-state index in [1.165, 1.54) is 24.3 Å². The highest BCUT2D eigenvalue weighted by Crippen LogP contribution is 2.23. The zero-order valence-electron chi connectivity index (χ0n) is 11.2. The van der Waals surface area contributed by atoms with E-state index in [0.717, 1.165) is 12.8 Å². The molecule has 6 nitrogen and oxygen atoms in total. The lowest BCUT2D eigenvalue weighted by Gasteiger charge is -2.13. The van der Waals surface area contributed by atoms with Crippen LogP contribution in [0.4, 0.5) is 5.69 Å². The summed E-state index contributed by atoms with van der Waals surface area (Å²) in [6, 6.07) is 5.28. The van der Waals surface area contributed by atoms with Gasteiger partial charge in [-0.05, 0) is 24.1 Å². The van der Waals surface area contributed by atoms with E-state index in [1.807, 2.05) is 6.92 Å². The molecule has 1 aromatic carbocycles. The number of carbonyl (C=O) groups is 1. The van der Waals surface area contributed by atoms with E-state index in [9.17, 15) is 20.0 Å². The van der Waals surface area contributed by atoms with Gasteiger partial charge in [-0.15, -0.1) is 0 Å². The van der Waals surface area contributed by atoms with Gasteiger partial charge in [0.25, 0.3) is 5.69 Å². The molecule has 1 N–H and O–H groups in total. The maximum Gasteiger partial charge on any atom is 0.336 e. The standard InChI is InChI=1S/C14H17NO5/c1-3-4-9-20-14(17)10(2)13(16)11-5-7-12(8-6-11)15(18)19/h5-8,13,16H,2-4,9H2,1H3/t13-/m0/s1. The number of ether oxygens (including phenoxy) is 1. The van der Waals surface area contributed by atoms with Crippen molar-refractivity contribution in [3.05, 3.63) is 52.1 Å². The number of rotatable bonds is 7. The van der Waals surface area contributed by atoms with Crippen LogP contribution in [0, 0.1) is 10.1 Å². The Bertz CT molecular complexity index is 495. The molecular weight excluding hydrogens is 262 g/mol. The molecule has 1 rings (SSSR count). The molecule has 1 atom stereocenters. The Balaban J connectivity index is 2.68. The topological polar surface area (TPSA) is 89.7 Å². The maximum absolute atomic E-state index is 11.6. The summed E-state index contributed by atoms with van der Waals surface area (Å²) in [7, 11) is 0. The molecule has 0 amide bonds. The van der Waals surface area contributed by atoms with Gasteiger partial charge >= 0.3 is 5.97 Å². The summed E-state index contributed by atoms with van der Waals surface area (Å²) in [5, 5.41) is 20.5. The summed E-state index contributed by atoms with van der Waals surface area (Å²) >= 11 is 0. The van der Waals surface area contributed by atoms with Crippen molar-refractivity contribution in [2.75, 3.05) is 6.61 Å². The molecule has 0 bridgehead atoms. The Morgan fingerprint density at radius 3 is 2.55 bits per heavy atom. The summed E-state index contributed by atoms with van der Waals surface area (Å²) in [6.45, 7) is 5.75. The predicted octanol–water partition coefficient (Wildman–Crippen LogP) is 2.53. The summed E-state index contributed by atoms with van der Waals surface area (Å²) in [6.07, 6.45) is 0.405. The van der Waals surface area contributed by atoms with E-state index in [1.54, 1.807) is 0 Å².